The van der Waals surface area contributed by atoms with Crippen molar-refractivity contribution in [2.75, 3.05) is 16.0 Å². The van der Waals surface area contributed by atoms with E-state index >= 15 is 0 Å². The topological polar surface area (TPSA) is 70.2 Å². The molecule has 1 aliphatic rings. The summed E-state index contributed by atoms with van der Waals surface area (Å²) < 4.78 is 12.8. The van der Waals surface area contributed by atoms with Crippen LogP contribution in [-0.4, -0.2) is 11.9 Å². The summed E-state index contributed by atoms with van der Waals surface area (Å²) in [7, 11) is 0. The molecule has 106 valence electrons. The van der Waals surface area contributed by atoms with E-state index in [1.807, 2.05) is 0 Å². The predicted octanol–water partition coefficient (Wildman–Crippen LogP) is 2.96. The van der Waals surface area contributed by atoms with Crippen molar-refractivity contribution >= 4 is 29.0 Å². The highest BCUT2D eigenvalue weighted by atomic mass is 19.1. The quantitative estimate of drug-likeness (QED) is 0.794. The molecule has 0 radical (unpaired) electrons. The first-order valence-corrected chi connectivity index (χ1v) is 6.36. The van der Waals surface area contributed by atoms with Crippen LogP contribution < -0.4 is 16.0 Å². The summed E-state index contributed by atoms with van der Waals surface area (Å²) >= 11 is 0. The summed E-state index contributed by atoms with van der Waals surface area (Å²) in [6.45, 7) is 0. The average Bonchev–Trinajstić information content (AvgIpc) is 2.80. The van der Waals surface area contributed by atoms with Gasteiger partial charge in [0.25, 0.3) is 0 Å². The van der Waals surface area contributed by atoms with Gasteiger partial charge in [-0.1, -0.05) is 0 Å². The Labute approximate surface area is 120 Å². The van der Waals surface area contributed by atoms with Crippen molar-refractivity contribution in [2.24, 2.45) is 0 Å². The van der Waals surface area contributed by atoms with E-state index in [2.05, 4.69) is 16.0 Å². The van der Waals surface area contributed by atoms with Gasteiger partial charge in [0, 0.05) is 17.1 Å². The number of hydrogen-bond donors (Lipinski definition) is 3. The average molecular weight is 285 g/mol. The minimum Gasteiger partial charge on any atom is -0.326 e. The van der Waals surface area contributed by atoms with E-state index in [0.717, 1.165) is 11.3 Å². The fourth-order valence-electron chi connectivity index (χ4n) is 2.13. The number of hydrogen-bond acceptors (Lipinski definition) is 2. The Kier molecular flexibility index (Phi) is 3.27. The molecule has 2 aromatic carbocycles. The summed E-state index contributed by atoms with van der Waals surface area (Å²) in [5, 5.41) is 7.98. The van der Waals surface area contributed by atoms with Crippen LogP contribution in [0.5, 0.6) is 0 Å². The number of amides is 3. The number of benzene rings is 2. The van der Waals surface area contributed by atoms with Gasteiger partial charge in [-0.3, -0.25) is 4.79 Å². The Morgan fingerprint density at radius 1 is 1.05 bits per heavy atom. The van der Waals surface area contributed by atoms with Crippen molar-refractivity contribution in [3.05, 3.63) is 53.8 Å². The van der Waals surface area contributed by atoms with Crippen LogP contribution in [0.25, 0.3) is 0 Å². The SMILES string of the molecule is O=C1Cc2cc(NC(=O)Nc3ccc(F)cc3)ccc2N1. The second-order valence-corrected chi connectivity index (χ2v) is 4.68. The standard InChI is InChI=1S/C15H12FN3O2/c16-10-1-3-11(4-2-10)17-15(21)18-12-5-6-13-9(7-12)8-14(20)19-13/h1-7H,8H2,(H,19,20)(H2,17,18,21). The number of fused-ring (bicyclic) bond motifs is 1. The Morgan fingerprint density at radius 3 is 2.48 bits per heavy atom. The molecule has 21 heavy (non-hydrogen) atoms. The lowest BCUT2D eigenvalue weighted by molar-refractivity contribution is -0.115. The van der Waals surface area contributed by atoms with Gasteiger partial charge in [-0.05, 0) is 48.0 Å². The molecular formula is C15H12FN3O2. The molecule has 0 unspecified atom stereocenters. The number of carbonyl (C=O) groups is 2. The highest BCUT2D eigenvalue weighted by Gasteiger charge is 2.17. The van der Waals surface area contributed by atoms with Crippen molar-refractivity contribution in [2.45, 2.75) is 6.42 Å². The Morgan fingerprint density at radius 2 is 1.71 bits per heavy atom. The number of rotatable bonds is 2. The molecule has 0 aliphatic carbocycles. The van der Waals surface area contributed by atoms with Gasteiger partial charge in [-0.25, -0.2) is 9.18 Å². The fourth-order valence-corrected chi connectivity index (χ4v) is 2.13. The van der Waals surface area contributed by atoms with Crippen molar-refractivity contribution in [3.63, 3.8) is 0 Å². The Bertz CT molecular complexity index is 713. The van der Waals surface area contributed by atoms with E-state index in [9.17, 15) is 14.0 Å². The lowest BCUT2D eigenvalue weighted by Crippen LogP contribution is -2.19. The van der Waals surface area contributed by atoms with Gasteiger partial charge in [0.1, 0.15) is 5.82 Å². The first kappa shape index (κ1) is 13.1. The van der Waals surface area contributed by atoms with Crippen LogP contribution in [0.1, 0.15) is 5.56 Å². The van der Waals surface area contributed by atoms with E-state index in [4.69, 9.17) is 0 Å². The second kappa shape index (κ2) is 5.24. The zero-order chi connectivity index (χ0) is 14.8. The molecule has 2 aromatic rings. The third kappa shape index (κ3) is 3.00. The molecule has 6 heteroatoms. The number of anilines is 3. The molecule has 3 rings (SSSR count). The molecule has 0 spiro atoms. The van der Waals surface area contributed by atoms with Crippen LogP contribution in [0, 0.1) is 5.82 Å². The molecule has 0 aromatic heterocycles. The van der Waals surface area contributed by atoms with E-state index in [-0.39, 0.29) is 11.7 Å². The maximum atomic E-state index is 12.8. The first-order valence-electron chi connectivity index (χ1n) is 6.36. The van der Waals surface area contributed by atoms with Crippen LogP contribution in [0.3, 0.4) is 0 Å². The lowest BCUT2D eigenvalue weighted by Gasteiger charge is -2.08. The van der Waals surface area contributed by atoms with Gasteiger partial charge >= 0.3 is 6.03 Å². The Balaban J connectivity index is 1.66. The maximum absolute atomic E-state index is 12.8. The monoisotopic (exact) mass is 285 g/mol. The molecule has 5 nitrogen and oxygen atoms in total. The largest absolute Gasteiger partial charge is 0.326 e. The lowest BCUT2D eigenvalue weighted by atomic mass is 10.1. The molecule has 1 heterocycles. The molecular weight excluding hydrogens is 273 g/mol. The predicted molar refractivity (Wildman–Crippen MR) is 77.8 cm³/mol. The molecule has 3 amide bonds. The molecule has 0 saturated carbocycles. The molecule has 0 bridgehead atoms. The summed E-state index contributed by atoms with van der Waals surface area (Å²) in [5.41, 5.74) is 2.70. The summed E-state index contributed by atoms with van der Waals surface area (Å²) in [5.74, 6) is -0.422. The van der Waals surface area contributed by atoms with Crippen LogP contribution in [0.4, 0.5) is 26.2 Å². The molecule has 0 fully saturated rings. The van der Waals surface area contributed by atoms with Crippen molar-refractivity contribution in [1.29, 1.82) is 0 Å². The van der Waals surface area contributed by atoms with Gasteiger partial charge in [0.15, 0.2) is 0 Å². The number of nitrogens with one attached hydrogen (secondary N) is 3. The number of urea groups is 1. The van der Waals surface area contributed by atoms with Gasteiger partial charge in [-0.15, -0.1) is 0 Å². The van der Waals surface area contributed by atoms with Crippen molar-refractivity contribution in [1.82, 2.24) is 0 Å². The highest BCUT2D eigenvalue weighted by Crippen LogP contribution is 2.26. The van der Waals surface area contributed by atoms with Crippen LogP contribution >= 0.6 is 0 Å². The normalized spacial score (nSPS) is 12.5. The van der Waals surface area contributed by atoms with Crippen LogP contribution in [0.2, 0.25) is 0 Å². The molecule has 1 aliphatic heterocycles. The van der Waals surface area contributed by atoms with Crippen LogP contribution in [0.15, 0.2) is 42.5 Å². The van der Waals surface area contributed by atoms with Gasteiger partial charge in [-0.2, -0.15) is 0 Å². The minimum atomic E-state index is -0.432. The van der Waals surface area contributed by atoms with E-state index < -0.39 is 6.03 Å². The van der Waals surface area contributed by atoms with E-state index in [1.54, 1.807) is 18.2 Å². The number of halogens is 1. The van der Waals surface area contributed by atoms with E-state index in [1.165, 1.54) is 24.3 Å². The highest BCUT2D eigenvalue weighted by molar-refractivity contribution is 6.02. The first-order chi connectivity index (χ1) is 10.1. The smallest absolute Gasteiger partial charge is 0.323 e. The summed E-state index contributed by atoms with van der Waals surface area (Å²) in [6.07, 6.45) is 0.310. The maximum Gasteiger partial charge on any atom is 0.323 e. The van der Waals surface area contributed by atoms with Gasteiger partial charge < -0.3 is 16.0 Å². The summed E-state index contributed by atoms with van der Waals surface area (Å²) in [4.78, 5) is 23.1. The van der Waals surface area contributed by atoms with Gasteiger partial charge in [0.05, 0.1) is 6.42 Å². The Hall–Kier alpha value is -2.89. The minimum absolute atomic E-state index is 0.0575. The zero-order valence-corrected chi connectivity index (χ0v) is 10.9. The number of carbonyl (C=O) groups excluding carboxylic acids is 2. The summed E-state index contributed by atoms with van der Waals surface area (Å²) in [6, 6.07) is 10.2. The fraction of sp³-hybridized carbons (Fsp3) is 0.0667. The molecule has 3 N–H and O–H groups in total. The van der Waals surface area contributed by atoms with Crippen molar-refractivity contribution in [3.8, 4) is 0 Å². The third-order valence-corrected chi connectivity index (χ3v) is 3.09. The zero-order valence-electron chi connectivity index (χ0n) is 10.9. The van der Waals surface area contributed by atoms with Crippen molar-refractivity contribution < 1.29 is 14.0 Å². The van der Waals surface area contributed by atoms with Crippen LogP contribution in [-0.2, 0) is 11.2 Å². The molecule has 0 saturated heterocycles. The third-order valence-electron chi connectivity index (χ3n) is 3.09. The van der Waals surface area contributed by atoms with Gasteiger partial charge in [0.2, 0.25) is 5.91 Å². The molecule has 0 atom stereocenters. The second-order valence-electron chi connectivity index (χ2n) is 4.68. The van der Waals surface area contributed by atoms with E-state index in [0.29, 0.717) is 17.8 Å².